The molecule has 0 unspecified atom stereocenters. The molecule has 2 atom stereocenters. The molecule has 5 nitrogen and oxygen atoms in total. The molecular weight excluding hydrogens is 290 g/mol. The van der Waals surface area contributed by atoms with E-state index in [0.717, 1.165) is 38.5 Å². The fourth-order valence-corrected chi connectivity index (χ4v) is 3.52. The SMILES string of the molecule is Cn1cc(C[C@H]2[C@@H](OCC3CC3)CCN2Cc2ccoc2)cn1. The van der Waals surface area contributed by atoms with Crippen LogP contribution in [0, 0.1) is 5.92 Å². The molecule has 23 heavy (non-hydrogen) atoms. The Morgan fingerprint density at radius 2 is 2.22 bits per heavy atom. The third-order valence-electron chi connectivity index (χ3n) is 5.01. The number of hydrogen-bond donors (Lipinski definition) is 0. The van der Waals surface area contributed by atoms with Gasteiger partial charge in [0.05, 0.1) is 24.8 Å². The smallest absolute Gasteiger partial charge is 0.0947 e. The van der Waals surface area contributed by atoms with E-state index in [4.69, 9.17) is 9.15 Å². The molecule has 0 bridgehead atoms. The molecule has 2 aliphatic rings. The molecule has 2 aromatic rings. The van der Waals surface area contributed by atoms with Crippen molar-refractivity contribution in [2.45, 2.75) is 44.4 Å². The van der Waals surface area contributed by atoms with Gasteiger partial charge in [-0.05, 0) is 43.2 Å². The fourth-order valence-electron chi connectivity index (χ4n) is 3.52. The Hall–Kier alpha value is -1.59. The molecular formula is C18H25N3O2. The monoisotopic (exact) mass is 315 g/mol. The third-order valence-corrected chi connectivity index (χ3v) is 5.01. The van der Waals surface area contributed by atoms with Crippen LogP contribution in [0.1, 0.15) is 30.4 Å². The number of aryl methyl sites for hydroxylation is 1. The number of likely N-dealkylation sites (tertiary alicyclic amines) is 1. The maximum absolute atomic E-state index is 6.28. The van der Waals surface area contributed by atoms with Crippen molar-refractivity contribution in [1.29, 1.82) is 0 Å². The molecule has 2 fully saturated rings. The van der Waals surface area contributed by atoms with Crippen molar-refractivity contribution in [3.05, 3.63) is 42.1 Å². The third kappa shape index (κ3) is 3.67. The average Bonchev–Trinajstić information content (AvgIpc) is 2.92. The summed E-state index contributed by atoms with van der Waals surface area (Å²) >= 11 is 0. The van der Waals surface area contributed by atoms with Crippen molar-refractivity contribution in [2.24, 2.45) is 13.0 Å². The molecule has 2 aromatic heterocycles. The lowest BCUT2D eigenvalue weighted by Crippen LogP contribution is -2.38. The van der Waals surface area contributed by atoms with Gasteiger partial charge in [0.1, 0.15) is 0 Å². The highest BCUT2D eigenvalue weighted by atomic mass is 16.5. The molecule has 0 radical (unpaired) electrons. The second kappa shape index (κ2) is 6.49. The first-order chi connectivity index (χ1) is 11.3. The normalized spacial score (nSPS) is 25.3. The standard InChI is InChI=1S/C18H25N3O2/c1-20-10-16(9-19-20)8-17-18(23-13-14-2-3-14)4-6-21(17)11-15-5-7-22-12-15/h5,7,9-10,12,14,17-18H,2-4,6,8,11,13H2,1H3/t17-,18-/m0/s1. The van der Waals surface area contributed by atoms with Gasteiger partial charge < -0.3 is 9.15 Å². The maximum atomic E-state index is 6.28. The molecule has 5 heteroatoms. The molecule has 1 aliphatic heterocycles. The second-order valence-electron chi connectivity index (χ2n) is 7.00. The van der Waals surface area contributed by atoms with Gasteiger partial charge in [-0.3, -0.25) is 9.58 Å². The molecule has 0 amide bonds. The van der Waals surface area contributed by atoms with Crippen LogP contribution in [0.2, 0.25) is 0 Å². The average molecular weight is 315 g/mol. The van der Waals surface area contributed by atoms with Crippen molar-refractivity contribution < 1.29 is 9.15 Å². The first kappa shape index (κ1) is 15.0. The summed E-state index contributed by atoms with van der Waals surface area (Å²) in [5.41, 5.74) is 2.53. The Morgan fingerprint density at radius 3 is 2.91 bits per heavy atom. The topological polar surface area (TPSA) is 43.4 Å². The van der Waals surface area contributed by atoms with E-state index in [1.165, 1.54) is 24.0 Å². The van der Waals surface area contributed by atoms with Crippen molar-refractivity contribution in [2.75, 3.05) is 13.2 Å². The summed E-state index contributed by atoms with van der Waals surface area (Å²) in [5, 5.41) is 4.31. The zero-order chi connectivity index (χ0) is 15.6. The number of furan rings is 1. The minimum absolute atomic E-state index is 0.336. The highest BCUT2D eigenvalue weighted by Crippen LogP contribution is 2.32. The first-order valence-electron chi connectivity index (χ1n) is 8.62. The van der Waals surface area contributed by atoms with Gasteiger partial charge in [0.2, 0.25) is 0 Å². The summed E-state index contributed by atoms with van der Waals surface area (Å²) in [6, 6.07) is 2.48. The van der Waals surface area contributed by atoms with E-state index in [1.807, 2.05) is 24.2 Å². The van der Waals surface area contributed by atoms with Gasteiger partial charge in [-0.15, -0.1) is 0 Å². The molecule has 124 valence electrons. The van der Waals surface area contributed by atoms with Crippen LogP contribution in [0.5, 0.6) is 0 Å². The van der Waals surface area contributed by atoms with Gasteiger partial charge in [-0.25, -0.2) is 0 Å². The van der Waals surface area contributed by atoms with Gasteiger partial charge in [-0.1, -0.05) is 0 Å². The number of rotatable bonds is 7. The predicted molar refractivity (Wildman–Crippen MR) is 86.9 cm³/mol. The van der Waals surface area contributed by atoms with E-state index in [9.17, 15) is 0 Å². The Bertz CT molecular complexity index is 618. The minimum atomic E-state index is 0.336. The van der Waals surface area contributed by atoms with Crippen molar-refractivity contribution in [3.63, 3.8) is 0 Å². The van der Waals surface area contributed by atoms with E-state index in [1.54, 1.807) is 6.26 Å². The van der Waals surface area contributed by atoms with Gasteiger partial charge in [-0.2, -0.15) is 5.10 Å². The lowest BCUT2D eigenvalue weighted by atomic mass is 10.0. The van der Waals surface area contributed by atoms with Crippen LogP contribution in [0.3, 0.4) is 0 Å². The molecule has 0 N–H and O–H groups in total. The Labute approximate surface area is 137 Å². The Kier molecular flexibility index (Phi) is 4.23. The number of aromatic nitrogens is 2. The Balaban J connectivity index is 1.45. The molecule has 1 saturated heterocycles. The van der Waals surface area contributed by atoms with Crippen LogP contribution >= 0.6 is 0 Å². The number of ether oxygens (including phenoxy) is 1. The van der Waals surface area contributed by atoms with Gasteiger partial charge in [0, 0.05) is 44.5 Å². The zero-order valence-electron chi connectivity index (χ0n) is 13.7. The highest BCUT2D eigenvalue weighted by molar-refractivity contribution is 5.11. The van der Waals surface area contributed by atoms with Crippen LogP contribution in [0.15, 0.2) is 35.4 Å². The summed E-state index contributed by atoms with van der Waals surface area (Å²) in [6.07, 6.45) is 12.8. The van der Waals surface area contributed by atoms with E-state index >= 15 is 0 Å². The van der Waals surface area contributed by atoms with E-state index in [0.29, 0.717) is 12.1 Å². The van der Waals surface area contributed by atoms with Crippen molar-refractivity contribution in [3.8, 4) is 0 Å². The van der Waals surface area contributed by atoms with Crippen LogP contribution < -0.4 is 0 Å². The molecule has 4 rings (SSSR count). The van der Waals surface area contributed by atoms with E-state index < -0.39 is 0 Å². The minimum Gasteiger partial charge on any atom is -0.472 e. The quantitative estimate of drug-likeness (QED) is 0.788. The zero-order valence-corrected chi connectivity index (χ0v) is 13.7. The first-order valence-corrected chi connectivity index (χ1v) is 8.62. The lowest BCUT2D eigenvalue weighted by molar-refractivity contribution is 0.0196. The van der Waals surface area contributed by atoms with Crippen molar-refractivity contribution in [1.82, 2.24) is 14.7 Å². The van der Waals surface area contributed by atoms with Gasteiger partial charge in [0.15, 0.2) is 0 Å². The molecule has 0 aromatic carbocycles. The lowest BCUT2D eigenvalue weighted by Gasteiger charge is -2.27. The van der Waals surface area contributed by atoms with Gasteiger partial charge in [0.25, 0.3) is 0 Å². The van der Waals surface area contributed by atoms with Crippen LogP contribution in [-0.2, 0) is 24.8 Å². The maximum Gasteiger partial charge on any atom is 0.0947 e. The summed E-state index contributed by atoms with van der Waals surface area (Å²) < 4.78 is 13.4. The summed E-state index contributed by atoms with van der Waals surface area (Å²) in [5.74, 6) is 0.817. The predicted octanol–water partition coefficient (Wildman–Crippen LogP) is 2.63. The second-order valence-corrected chi connectivity index (χ2v) is 7.00. The summed E-state index contributed by atoms with van der Waals surface area (Å²) in [7, 11) is 1.97. The van der Waals surface area contributed by atoms with E-state index in [-0.39, 0.29) is 0 Å². The fraction of sp³-hybridized carbons (Fsp3) is 0.611. The van der Waals surface area contributed by atoms with Crippen LogP contribution in [0.4, 0.5) is 0 Å². The summed E-state index contributed by atoms with van der Waals surface area (Å²) in [4.78, 5) is 2.54. The van der Waals surface area contributed by atoms with Crippen LogP contribution in [0.25, 0.3) is 0 Å². The highest BCUT2D eigenvalue weighted by Gasteiger charge is 2.36. The molecule has 1 saturated carbocycles. The number of hydrogen-bond acceptors (Lipinski definition) is 4. The van der Waals surface area contributed by atoms with Crippen molar-refractivity contribution >= 4 is 0 Å². The largest absolute Gasteiger partial charge is 0.472 e. The van der Waals surface area contributed by atoms with E-state index in [2.05, 4.69) is 22.3 Å². The number of nitrogens with zero attached hydrogens (tertiary/aromatic N) is 3. The molecule has 0 spiro atoms. The Morgan fingerprint density at radius 1 is 1.30 bits per heavy atom. The van der Waals surface area contributed by atoms with Crippen LogP contribution in [-0.4, -0.2) is 40.0 Å². The molecule has 3 heterocycles. The molecule has 1 aliphatic carbocycles. The van der Waals surface area contributed by atoms with Gasteiger partial charge >= 0.3 is 0 Å². The summed E-state index contributed by atoms with van der Waals surface area (Å²) in [6.45, 7) is 2.96.